The lowest BCUT2D eigenvalue weighted by molar-refractivity contribution is 0.248. The molecule has 168 valence electrons. The van der Waals surface area contributed by atoms with E-state index >= 15 is 0 Å². The number of hydrogen-bond acceptors (Lipinski definition) is 3. The quantitative estimate of drug-likeness (QED) is 0.382. The molecule has 2 aliphatic rings. The van der Waals surface area contributed by atoms with Crippen LogP contribution in [0.3, 0.4) is 0 Å². The fourth-order valence-electron chi connectivity index (χ4n) is 5.13. The van der Waals surface area contributed by atoms with Gasteiger partial charge in [0.15, 0.2) is 0 Å². The molecule has 0 amide bonds. The number of piperazine rings is 1. The van der Waals surface area contributed by atoms with Gasteiger partial charge in [0.05, 0.1) is 5.52 Å². The summed E-state index contributed by atoms with van der Waals surface area (Å²) in [6.07, 6.45) is 2.77. The fourth-order valence-corrected chi connectivity index (χ4v) is 5.13. The molecule has 2 heterocycles. The van der Waals surface area contributed by atoms with Gasteiger partial charge in [-0.05, 0) is 67.3 Å². The number of hydrogen-bond donors (Lipinski definition) is 2. The molecule has 5 heteroatoms. The van der Waals surface area contributed by atoms with Crippen molar-refractivity contribution in [2.75, 3.05) is 36.4 Å². The standard InChI is InChI=1S/C28H29FN4/c1-19-16-23(8-11-26(19)33-14-12-32(13-15-33)24-9-10-24)30-27-18-21-5-3-7-25(28(21)31-27)20-4-2-6-22(29)17-20/h2-8,11,16-18,24,30-31H,9-10,12-15H2,1H3. The summed E-state index contributed by atoms with van der Waals surface area (Å²) in [5, 5.41) is 4.63. The molecule has 0 radical (unpaired) electrons. The Kier molecular flexibility index (Phi) is 5.07. The summed E-state index contributed by atoms with van der Waals surface area (Å²) in [6.45, 7) is 6.75. The molecule has 1 aliphatic heterocycles. The van der Waals surface area contributed by atoms with Crippen LogP contribution in [0.4, 0.5) is 21.6 Å². The van der Waals surface area contributed by atoms with Crippen LogP contribution in [0.5, 0.6) is 0 Å². The van der Waals surface area contributed by atoms with E-state index in [4.69, 9.17) is 0 Å². The number of H-pyrrole nitrogens is 1. The number of anilines is 3. The second-order valence-corrected chi connectivity index (χ2v) is 9.34. The predicted octanol–water partition coefficient (Wildman–Crippen LogP) is 6.31. The predicted molar refractivity (Wildman–Crippen MR) is 135 cm³/mol. The first-order valence-corrected chi connectivity index (χ1v) is 11.9. The van der Waals surface area contributed by atoms with E-state index in [0.717, 1.165) is 52.7 Å². The number of rotatable bonds is 5. The van der Waals surface area contributed by atoms with E-state index in [9.17, 15) is 4.39 Å². The Morgan fingerprint density at radius 1 is 0.909 bits per heavy atom. The molecule has 4 aromatic rings. The number of nitrogens with zero attached hydrogens (tertiary/aromatic N) is 2. The van der Waals surface area contributed by atoms with Crippen LogP contribution < -0.4 is 10.2 Å². The van der Waals surface area contributed by atoms with E-state index < -0.39 is 0 Å². The first kappa shape index (κ1) is 20.3. The third-order valence-corrected chi connectivity index (χ3v) is 6.99. The van der Waals surface area contributed by atoms with Crippen LogP contribution in [0.25, 0.3) is 22.0 Å². The Balaban J connectivity index is 1.22. The second-order valence-electron chi connectivity index (χ2n) is 9.34. The van der Waals surface area contributed by atoms with Crippen molar-refractivity contribution in [1.82, 2.24) is 9.88 Å². The third-order valence-electron chi connectivity index (χ3n) is 6.99. The molecule has 0 atom stereocenters. The molecule has 0 unspecified atom stereocenters. The van der Waals surface area contributed by atoms with E-state index in [1.807, 2.05) is 18.2 Å². The van der Waals surface area contributed by atoms with Crippen molar-refractivity contribution in [3.8, 4) is 11.1 Å². The smallest absolute Gasteiger partial charge is 0.123 e. The second kappa shape index (κ2) is 8.23. The van der Waals surface area contributed by atoms with Crippen molar-refractivity contribution in [3.63, 3.8) is 0 Å². The van der Waals surface area contributed by atoms with Gasteiger partial charge in [0.1, 0.15) is 11.6 Å². The largest absolute Gasteiger partial charge is 0.369 e. The lowest BCUT2D eigenvalue weighted by Crippen LogP contribution is -2.47. The van der Waals surface area contributed by atoms with Crippen molar-refractivity contribution in [3.05, 3.63) is 78.1 Å². The highest BCUT2D eigenvalue weighted by Crippen LogP contribution is 2.33. The summed E-state index contributed by atoms with van der Waals surface area (Å²) in [4.78, 5) is 8.67. The Hall–Kier alpha value is -3.31. The van der Waals surface area contributed by atoms with Gasteiger partial charge in [-0.1, -0.05) is 30.3 Å². The molecule has 0 bridgehead atoms. The van der Waals surface area contributed by atoms with Crippen molar-refractivity contribution >= 4 is 28.1 Å². The van der Waals surface area contributed by atoms with Gasteiger partial charge in [0.25, 0.3) is 0 Å². The van der Waals surface area contributed by atoms with Gasteiger partial charge in [-0.2, -0.15) is 0 Å². The minimum atomic E-state index is -0.223. The molecule has 6 rings (SSSR count). The molecular formula is C28H29FN4. The first-order valence-electron chi connectivity index (χ1n) is 11.9. The van der Waals surface area contributed by atoms with Gasteiger partial charge in [-0.3, -0.25) is 4.90 Å². The molecule has 1 aromatic heterocycles. The van der Waals surface area contributed by atoms with E-state index in [-0.39, 0.29) is 5.82 Å². The minimum absolute atomic E-state index is 0.223. The van der Waals surface area contributed by atoms with Gasteiger partial charge in [-0.15, -0.1) is 0 Å². The Morgan fingerprint density at radius 3 is 2.48 bits per heavy atom. The van der Waals surface area contributed by atoms with E-state index in [0.29, 0.717) is 0 Å². The van der Waals surface area contributed by atoms with Crippen LogP contribution in [-0.4, -0.2) is 42.1 Å². The molecule has 1 saturated carbocycles. The molecule has 2 N–H and O–H groups in total. The van der Waals surface area contributed by atoms with Gasteiger partial charge in [0, 0.05) is 54.5 Å². The molecule has 0 spiro atoms. The number of aryl methyl sites for hydroxylation is 1. The fraction of sp³-hybridized carbons (Fsp3) is 0.286. The van der Waals surface area contributed by atoms with Crippen LogP contribution in [0.15, 0.2) is 66.7 Å². The highest BCUT2D eigenvalue weighted by molar-refractivity contribution is 5.96. The van der Waals surface area contributed by atoms with Crippen LogP contribution in [-0.2, 0) is 0 Å². The number of benzene rings is 3. The zero-order chi connectivity index (χ0) is 22.4. The van der Waals surface area contributed by atoms with Crippen LogP contribution >= 0.6 is 0 Å². The first-order chi connectivity index (χ1) is 16.1. The molecule has 1 aliphatic carbocycles. The number of aromatic amines is 1. The van der Waals surface area contributed by atoms with Crippen LogP contribution in [0.1, 0.15) is 18.4 Å². The number of fused-ring (bicyclic) bond motifs is 1. The number of halogens is 1. The highest BCUT2D eigenvalue weighted by atomic mass is 19.1. The van der Waals surface area contributed by atoms with E-state index in [1.165, 1.54) is 43.2 Å². The third kappa shape index (κ3) is 4.09. The SMILES string of the molecule is Cc1cc(Nc2cc3cccc(-c4cccc(F)c4)c3[nH]2)ccc1N1CCN(C2CC2)CC1. The maximum atomic E-state index is 13.8. The summed E-state index contributed by atoms with van der Waals surface area (Å²) in [7, 11) is 0. The summed E-state index contributed by atoms with van der Waals surface area (Å²) in [6, 6.07) is 22.5. The summed E-state index contributed by atoms with van der Waals surface area (Å²) >= 11 is 0. The van der Waals surface area contributed by atoms with E-state index in [1.54, 1.807) is 12.1 Å². The normalized spacial score (nSPS) is 17.0. The molecule has 1 saturated heterocycles. The van der Waals surface area contributed by atoms with Crippen LogP contribution in [0, 0.1) is 12.7 Å². The summed E-state index contributed by atoms with van der Waals surface area (Å²) in [5.41, 5.74) is 6.56. The molecule has 4 nitrogen and oxygen atoms in total. The Bertz CT molecular complexity index is 1300. The zero-order valence-corrected chi connectivity index (χ0v) is 18.9. The summed E-state index contributed by atoms with van der Waals surface area (Å²) < 4.78 is 13.8. The maximum Gasteiger partial charge on any atom is 0.123 e. The Morgan fingerprint density at radius 2 is 1.73 bits per heavy atom. The lowest BCUT2D eigenvalue weighted by Gasteiger charge is -2.37. The number of para-hydroxylation sites is 1. The molecular weight excluding hydrogens is 411 g/mol. The maximum absolute atomic E-state index is 13.8. The van der Waals surface area contributed by atoms with Gasteiger partial charge >= 0.3 is 0 Å². The molecule has 33 heavy (non-hydrogen) atoms. The van der Waals surface area contributed by atoms with Gasteiger partial charge < -0.3 is 15.2 Å². The van der Waals surface area contributed by atoms with Crippen molar-refractivity contribution in [2.45, 2.75) is 25.8 Å². The molecule has 3 aromatic carbocycles. The number of nitrogens with one attached hydrogen (secondary N) is 2. The van der Waals surface area contributed by atoms with Crippen molar-refractivity contribution in [1.29, 1.82) is 0 Å². The average Bonchev–Trinajstić information content (AvgIpc) is 3.59. The molecule has 2 fully saturated rings. The monoisotopic (exact) mass is 440 g/mol. The average molecular weight is 441 g/mol. The van der Waals surface area contributed by atoms with Gasteiger partial charge in [-0.25, -0.2) is 4.39 Å². The topological polar surface area (TPSA) is 34.3 Å². The Labute approximate surface area is 194 Å². The summed E-state index contributed by atoms with van der Waals surface area (Å²) in [5.74, 6) is 0.706. The highest BCUT2D eigenvalue weighted by Gasteiger charge is 2.31. The number of aromatic nitrogens is 1. The van der Waals surface area contributed by atoms with Crippen molar-refractivity contribution < 1.29 is 4.39 Å². The van der Waals surface area contributed by atoms with Gasteiger partial charge in [0.2, 0.25) is 0 Å². The zero-order valence-electron chi connectivity index (χ0n) is 18.9. The minimum Gasteiger partial charge on any atom is -0.369 e. The van der Waals surface area contributed by atoms with Crippen LogP contribution in [0.2, 0.25) is 0 Å². The lowest BCUT2D eigenvalue weighted by atomic mass is 10.0. The van der Waals surface area contributed by atoms with E-state index in [2.05, 4.69) is 57.4 Å². The van der Waals surface area contributed by atoms with Crippen molar-refractivity contribution in [2.24, 2.45) is 0 Å².